The van der Waals surface area contributed by atoms with Gasteiger partial charge in [0.15, 0.2) is 5.65 Å². The molecule has 0 atom stereocenters. The average molecular weight is 501 g/mol. The standard InChI is InChI=1S/C25H22ClFN4O2.ClH/c26-22-4-2-1-3-20(22)21-13-15-14-28-25(29-17-7-11-19(32)12-8-17)30-23(15)31(24(21)33)18-9-5-16(27)6-10-18;/h1-6,9-10,13-14,17,19,32H,7-8,11-12H2,(H,28,29,30);1H. The van der Waals surface area contributed by atoms with Crippen LogP contribution in [0.1, 0.15) is 25.7 Å². The minimum absolute atomic E-state index is 0. The molecular weight excluding hydrogens is 478 g/mol. The van der Waals surface area contributed by atoms with Crippen molar-refractivity contribution in [3.63, 3.8) is 0 Å². The van der Waals surface area contributed by atoms with Gasteiger partial charge in [-0.25, -0.2) is 9.37 Å². The highest BCUT2D eigenvalue weighted by Crippen LogP contribution is 2.29. The van der Waals surface area contributed by atoms with Crippen molar-refractivity contribution < 1.29 is 9.50 Å². The molecule has 0 bridgehead atoms. The molecular formula is C25H23Cl2FN4O2. The lowest BCUT2D eigenvalue weighted by Crippen LogP contribution is -2.29. The van der Waals surface area contributed by atoms with E-state index in [-0.39, 0.29) is 30.1 Å². The van der Waals surface area contributed by atoms with Crippen molar-refractivity contribution >= 4 is 41.0 Å². The zero-order valence-electron chi connectivity index (χ0n) is 18.1. The van der Waals surface area contributed by atoms with Gasteiger partial charge in [0, 0.05) is 33.8 Å². The molecule has 176 valence electrons. The second kappa shape index (κ2) is 10.1. The van der Waals surface area contributed by atoms with Crippen molar-refractivity contribution in [2.24, 2.45) is 0 Å². The number of benzene rings is 2. The third-order valence-corrected chi connectivity index (χ3v) is 6.35. The fourth-order valence-corrected chi connectivity index (χ4v) is 4.51. The molecule has 1 aliphatic carbocycles. The molecule has 2 heterocycles. The molecule has 0 unspecified atom stereocenters. The van der Waals surface area contributed by atoms with Crippen LogP contribution in [0.5, 0.6) is 0 Å². The molecule has 0 spiro atoms. The Morgan fingerprint density at radius 3 is 2.44 bits per heavy atom. The number of anilines is 1. The molecule has 2 N–H and O–H groups in total. The van der Waals surface area contributed by atoms with Gasteiger partial charge in [-0.15, -0.1) is 12.4 Å². The molecule has 34 heavy (non-hydrogen) atoms. The predicted octanol–water partition coefficient (Wildman–Crippen LogP) is 5.38. The first-order chi connectivity index (χ1) is 16.0. The number of aliphatic hydroxyl groups excluding tert-OH is 1. The Bertz CT molecular complexity index is 1370. The molecule has 0 radical (unpaired) electrons. The summed E-state index contributed by atoms with van der Waals surface area (Å²) in [6.07, 6.45) is 4.51. The van der Waals surface area contributed by atoms with Crippen LogP contribution in [-0.2, 0) is 0 Å². The van der Waals surface area contributed by atoms with Crippen LogP contribution in [0.15, 0.2) is 65.6 Å². The Balaban J connectivity index is 0.00000274. The smallest absolute Gasteiger partial charge is 0.264 e. The molecule has 2 aromatic carbocycles. The van der Waals surface area contributed by atoms with Gasteiger partial charge in [0.1, 0.15) is 5.82 Å². The number of aromatic nitrogens is 3. The predicted molar refractivity (Wildman–Crippen MR) is 135 cm³/mol. The molecule has 5 rings (SSSR count). The minimum atomic E-state index is -0.394. The molecule has 2 aromatic heterocycles. The summed E-state index contributed by atoms with van der Waals surface area (Å²) in [6, 6.07) is 14.7. The van der Waals surface area contributed by atoms with Crippen molar-refractivity contribution in [2.75, 3.05) is 5.32 Å². The van der Waals surface area contributed by atoms with Crippen molar-refractivity contribution in [3.05, 3.63) is 82.0 Å². The van der Waals surface area contributed by atoms with Crippen LogP contribution in [0, 0.1) is 5.82 Å². The van der Waals surface area contributed by atoms with Crippen LogP contribution in [-0.4, -0.2) is 31.8 Å². The topological polar surface area (TPSA) is 80.0 Å². The monoisotopic (exact) mass is 500 g/mol. The van der Waals surface area contributed by atoms with Crippen molar-refractivity contribution in [1.82, 2.24) is 14.5 Å². The van der Waals surface area contributed by atoms with E-state index in [2.05, 4.69) is 15.3 Å². The van der Waals surface area contributed by atoms with Crippen LogP contribution in [0.25, 0.3) is 27.8 Å². The van der Waals surface area contributed by atoms with Crippen LogP contribution >= 0.6 is 24.0 Å². The zero-order chi connectivity index (χ0) is 22.9. The number of halogens is 3. The quantitative estimate of drug-likeness (QED) is 0.393. The third kappa shape index (κ3) is 4.78. The van der Waals surface area contributed by atoms with Gasteiger partial charge in [-0.2, -0.15) is 4.98 Å². The van der Waals surface area contributed by atoms with E-state index in [4.69, 9.17) is 11.6 Å². The maximum Gasteiger partial charge on any atom is 0.264 e. The van der Waals surface area contributed by atoms with Crippen molar-refractivity contribution in [1.29, 1.82) is 0 Å². The van der Waals surface area contributed by atoms with Gasteiger partial charge in [-0.1, -0.05) is 29.8 Å². The summed E-state index contributed by atoms with van der Waals surface area (Å²) in [5, 5.41) is 14.2. The maximum atomic E-state index is 13.7. The molecule has 4 aromatic rings. The number of nitrogens with one attached hydrogen (secondary N) is 1. The van der Waals surface area contributed by atoms with Crippen LogP contribution in [0.3, 0.4) is 0 Å². The molecule has 9 heteroatoms. The van der Waals surface area contributed by atoms with Gasteiger partial charge in [-0.05, 0) is 62.1 Å². The summed E-state index contributed by atoms with van der Waals surface area (Å²) in [4.78, 5) is 22.8. The van der Waals surface area contributed by atoms with E-state index in [1.54, 1.807) is 42.6 Å². The minimum Gasteiger partial charge on any atom is -0.393 e. The molecule has 1 aliphatic rings. The van der Waals surface area contributed by atoms with E-state index in [0.717, 1.165) is 25.7 Å². The molecule has 1 fully saturated rings. The highest BCUT2D eigenvalue weighted by molar-refractivity contribution is 6.33. The number of hydrogen-bond donors (Lipinski definition) is 2. The molecule has 6 nitrogen and oxygen atoms in total. The lowest BCUT2D eigenvalue weighted by molar-refractivity contribution is 0.126. The average Bonchev–Trinajstić information content (AvgIpc) is 2.82. The van der Waals surface area contributed by atoms with E-state index in [1.807, 2.05) is 6.07 Å². The van der Waals surface area contributed by atoms with Crippen LogP contribution < -0.4 is 10.9 Å². The summed E-state index contributed by atoms with van der Waals surface area (Å²) in [7, 11) is 0. The molecule has 0 amide bonds. The van der Waals surface area contributed by atoms with Crippen molar-refractivity contribution in [3.8, 4) is 16.8 Å². The summed E-state index contributed by atoms with van der Waals surface area (Å²) >= 11 is 6.39. The van der Waals surface area contributed by atoms with Gasteiger partial charge in [0.05, 0.1) is 11.8 Å². The second-order valence-corrected chi connectivity index (χ2v) is 8.68. The Hall–Kier alpha value is -3.00. The summed E-state index contributed by atoms with van der Waals surface area (Å²) in [5.41, 5.74) is 1.60. The van der Waals surface area contributed by atoms with Crippen LogP contribution in [0.2, 0.25) is 5.02 Å². The normalized spacial score (nSPS) is 17.9. The SMILES string of the molecule is Cl.O=c1c(-c2ccccc2Cl)cc2cnc(NC3CCC(O)CC3)nc2n1-c1ccc(F)cc1. The van der Waals surface area contributed by atoms with E-state index in [0.29, 0.717) is 38.8 Å². The van der Waals surface area contributed by atoms with Crippen molar-refractivity contribution in [2.45, 2.75) is 37.8 Å². The number of nitrogens with zero attached hydrogens (tertiary/aromatic N) is 3. The fraction of sp³-hybridized carbons (Fsp3) is 0.240. The van der Waals surface area contributed by atoms with E-state index in [9.17, 15) is 14.3 Å². The number of hydrogen-bond acceptors (Lipinski definition) is 5. The number of rotatable bonds is 4. The Labute approximate surface area is 206 Å². The second-order valence-electron chi connectivity index (χ2n) is 8.28. The van der Waals surface area contributed by atoms with E-state index >= 15 is 0 Å². The van der Waals surface area contributed by atoms with Gasteiger partial charge >= 0.3 is 0 Å². The molecule has 1 saturated carbocycles. The van der Waals surface area contributed by atoms with Crippen LogP contribution in [0.4, 0.5) is 10.3 Å². The fourth-order valence-electron chi connectivity index (χ4n) is 4.27. The molecule has 0 saturated heterocycles. The lowest BCUT2D eigenvalue weighted by Gasteiger charge is -2.26. The Morgan fingerprint density at radius 2 is 1.74 bits per heavy atom. The molecule has 0 aliphatic heterocycles. The zero-order valence-corrected chi connectivity index (χ0v) is 19.7. The first kappa shape index (κ1) is 24.1. The first-order valence-electron chi connectivity index (χ1n) is 10.9. The number of fused-ring (bicyclic) bond motifs is 1. The number of aliphatic hydroxyl groups is 1. The summed E-state index contributed by atoms with van der Waals surface area (Å²) < 4.78 is 15.1. The maximum absolute atomic E-state index is 13.7. The van der Waals surface area contributed by atoms with E-state index < -0.39 is 5.82 Å². The highest BCUT2D eigenvalue weighted by atomic mass is 35.5. The van der Waals surface area contributed by atoms with E-state index in [1.165, 1.54) is 16.7 Å². The van der Waals surface area contributed by atoms with Gasteiger partial charge < -0.3 is 10.4 Å². The third-order valence-electron chi connectivity index (χ3n) is 6.02. The summed E-state index contributed by atoms with van der Waals surface area (Å²) in [5.74, 6) is 0.0134. The largest absolute Gasteiger partial charge is 0.393 e. The lowest BCUT2D eigenvalue weighted by atomic mass is 9.93. The van der Waals surface area contributed by atoms with Gasteiger partial charge in [-0.3, -0.25) is 9.36 Å². The van der Waals surface area contributed by atoms with Gasteiger partial charge in [0.2, 0.25) is 5.95 Å². The summed E-state index contributed by atoms with van der Waals surface area (Å²) in [6.45, 7) is 0. The Kier molecular flexibility index (Phi) is 7.16. The first-order valence-corrected chi connectivity index (χ1v) is 11.3. The highest BCUT2D eigenvalue weighted by Gasteiger charge is 2.21. The Morgan fingerprint density at radius 1 is 1.03 bits per heavy atom. The number of pyridine rings is 1. The van der Waals surface area contributed by atoms with Gasteiger partial charge in [0.25, 0.3) is 5.56 Å².